The van der Waals surface area contributed by atoms with Crippen LogP contribution in [0.2, 0.25) is 0 Å². The summed E-state index contributed by atoms with van der Waals surface area (Å²) in [6.45, 7) is 2.70. The Morgan fingerprint density at radius 2 is 2.04 bits per heavy atom. The number of rotatable bonds is 5. The minimum atomic E-state index is -0.709. The van der Waals surface area contributed by atoms with Crippen molar-refractivity contribution in [3.05, 3.63) is 34.9 Å². The van der Waals surface area contributed by atoms with E-state index in [0.29, 0.717) is 17.7 Å². The van der Waals surface area contributed by atoms with Crippen LogP contribution < -0.4 is 16.0 Å². The number of hydrogen-bond donors (Lipinski definition) is 3. The van der Waals surface area contributed by atoms with Crippen LogP contribution in [0, 0.1) is 0 Å². The van der Waals surface area contributed by atoms with Crippen molar-refractivity contribution in [1.29, 1.82) is 0 Å². The monoisotopic (exact) mass is 386 g/mol. The number of carbonyl (C=O) groups is 5. The summed E-state index contributed by atoms with van der Waals surface area (Å²) in [6, 6.07) is 3.31. The molecule has 28 heavy (non-hydrogen) atoms. The van der Waals surface area contributed by atoms with Crippen molar-refractivity contribution in [3.8, 4) is 0 Å². The summed E-state index contributed by atoms with van der Waals surface area (Å²) in [5, 5.41) is 7.06. The van der Waals surface area contributed by atoms with Crippen molar-refractivity contribution < 1.29 is 24.0 Å². The molecule has 1 fully saturated rings. The first-order chi connectivity index (χ1) is 13.4. The minimum Gasteiger partial charge on any atom is -0.338 e. The zero-order valence-corrected chi connectivity index (χ0v) is 15.5. The molecule has 1 saturated heterocycles. The molecular formula is C19H22N4O5. The molecule has 2 heterocycles. The fourth-order valence-corrected chi connectivity index (χ4v) is 3.29. The van der Waals surface area contributed by atoms with Crippen LogP contribution in [-0.4, -0.2) is 47.1 Å². The number of imide groups is 2. The third-order valence-corrected chi connectivity index (χ3v) is 4.83. The zero-order valence-electron chi connectivity index (χ0n) is 15.5. The summed E-state index contributed by atoms with van der Waals surface area (Å²) in [6.07, 6.45) is 2.18. The fourth-order valence-electron chi connectivity index (χ4n) is 3.29. The van der Waals surface area contributed by atoms with Crippen LogP contribution in [0.1, 0.15) is 58.9 Å². The molecular weight excluding hydrogens is 364 g/mol. The Bertz CT molecular complexity index is 851. The highest BCUT2D eigenvalue weighted by atomic mass is 16.2. The van der Waals surface area contributed by atoms with E-state index < -0.39 is 23.9 Å². The smallest absolute Gasteiger partial charge is 0.321 e. The lowest BCUT2D eigenvalue weighted by molar-refractivity contribution is -0.136. The molecule has 3 rings (SSSR count). The Labute approximate surface area is 161 Å². The number of amides is 6. The molecule has 0 aliphatic carbocycles. The van der Waals surface area contributed by atoms with Gasteiger partial charge in [0, 0.05) is 30.6 Å². The Morgan fingerprint density at radius 3 is 2.75 bits per heavy atom. The summed E-state index contributed by atoms with van der Waals surface area (Å²) in [4.78, 5) is 61.5. The van der Waals surface area contributed by atoms with Gasteiger partial charge in [-0.3, -0.25) is 29.8 Å². The summed E-state index contributed by atoms with van der Waals surface area (Å²) in [5.41, 5.74) is 1.20. The maximum Gasteiger partial charge on any atom is 0.321 e. The number of nitrogens with one attached hydrogen (secondary N) is 3. The maximum atomic E-state index is 12.7. The molecule has 1 atom stereocenters. The standard InChI is InChI=1S/C19H22N4O5/c1-2-3-8-20-19(28)22-16(25)11-4-5-12-10-23(18(27)13(12)9-11)14-6-7-15(24)21-17(14)26/h4-5,9,14H,2-3,6-8,10H2,1H3,(H,21,24,26)(H2,20,22,25,28). The molecule has 0 aromatic heterocycles. The quantitative estimate of drug-likeness (QED) is 0.507. The third kappa shape index (κ3) is 4.03. The van der Waals surface area contributed by atoms with Gasteiger partial charge in [-0.25, -0.2) is 4.79 Å². The molecule has 0 spiro atoms. The third-order valence-electron chi connectivity index (χ3n) is 4.83. The number of benzene rings is 1. The Balaban J connectivity index is 1.68. The molecule has 1 aromatic carbocycles. The van der Waals surface area contributed by atoms with Crippen molar-refractivity contribution in [1.82, 2.24) is 20.9 Å². The number of unbranched alkanes of at least 4 members (excludes halogenated alkanes) is 1. The molecule has 2 aliphatic rings. The molecule has 2 aliphatic heterocycles. The Morgan fingerprint density at radius 1 is 1.25 bits per heavy atom. The van der Waals surface area contributed by atoms with Crippen LogP contribution in [0.4, 0.5) is 4.79 Å². The van der Waals surface area contributed by atoms with E-state index in [1.54, 1.807) is 6.07 Å². The number of piperidine rings is 1. The van der Waals surface area contributed by atoms with Gasteiger partial charge in [0.15, 0.2) is 0 Å². The molecule has 3 N–H and O–H groups in total. The highest BCUT2D eigenvalue weighted by Gasteiger charge is 2.39. The number of urea groups is 1. The van der Waals surface area contributed by atoms with E-state index in [9.17, 15) is 24.0 Å². The van der Waals surface area contributed by atoms with Gasteiger partial charge in [0.1, 0.15) is 6.04 Å². The van der Waals surface area contributed by atoms with E-state index in [1.807, 2.05) is 6.92 Å². The van der Waals surface area contributed by atoms with Gasteiger partial charge >= 0.3 is 6.03 Å². The molecule has 1 unspecified atom stereocenters. The lowest BCUT2D eigenvalue weighted by atomic mass is 10.0. The molecule has 0 saturated carbocycles. The Kier molecular flexibility index (Phi) is 5.72. The summed E-state index contributed by atoms with van der Waals surface area (Å²) in [5.74, 6) is -1.81. The average Bonchev–Trinajstić information content (AvgIpc) is 2.98. The topological polar surface area (TPSA) is 125 Å². The van der Waals surface area contributed by atoms with E-state index in [2.05, 4.69) is 16.0 Å². The second-order valence-corrected chi connectivity index (χ2v) is 6.84. The fraction of sp³-hybridized carbons (Fsp3) is 0.421. The van der Waals surface area contributed by atoms with Gasteiger partial charge < -0.3 is 10.2 Å². The van der Waals surface area contributed by atoms with Gasteiger partial charge in [0.2, 0.25) is 11.8 Å². The number of nitrogens with zero attached hydrogens (tertiary/aromatic N) is 1. The molecule has 148 valence electrons. The highest BCUT2D eigenvalue weighted by Crippen LogP contribution is 2.28. The van der Waals surface area contributed by atoms with Crippen LogP contribution in [0.5, 0.6) is 0 Å². The first kappa shape index (κ1) is 19.5. The van der Waals surface area contributed by atoms with E-state index in [1.165, 1.54) is 17.0 Å². The lowest BCUT2D eigenvalue weighted by Gasteiger charge is -2.29. The van der Waals surface area contributed by atoms with Crippen molar-refractivity contribution >= 4 is 29.7 Å². The van der Waals surface area contributed by atoms with Crippen LogP contribution in [0.3, 0.4) is 0 Å². The van der Waals surface area contributed by atoms with Crippen LogP contribution in [0.15, 0.2) is 18.2 Å². The molecule has 0 radical (unpaired) electrons. The van der Waals surface area contributed by atoms with E-state index in [0.717, 1.165) is 12.8 Å². The second kappa shape index (κ2) is 8.20. The Hall–Kier alpha value is -3.23. The number of carbonyl (C=O) groups excluding carboxylic acids is 5. The normalized spacial score (nSPS) is 18.5. The van der Waals surface area contributed by atoms with E-state index in [-0.39, 0.29) is 36.8 Å². The van der Waals surface area contributed by atoms with Gasteiger partial charge in [-0.05, 0) is 30.5 Å². The summed E-state index contributed by atoms with van der Waals surface area (Å²) in [7, 11) is 0. The average molecular weight is 386 g/mol. The largest absolute Gasteiger partial charge is 0.338 e. The predicted octanol–water partition coefficient (Wildman–Crippen LogP) is 0.687. The molecule has 9 heteroatoms. The van der Waals surface area contributed by atoms with Gasteiger partial charge in [0.05, 0.1) is 0 Å². The second-order valence-electron chi connectivity index (χ2n) is 6.84. The SMILES string of the molecule is CCCCNC(=O)NC(=O)c1ccc2c(c1)C(=O)N(C1CCC(=O)NC1=O)C2. The van der Waals surface area contributed by atoms with Gasteiger partial charge in [-0.1, -0.05) is 19.4 Å². The van der Waals surface area contributed by atoms with Crippen molar-refractivity contribution in [2.24, 2.45) is 0 Å². The van der Waals surface area contributed by atoms with Crippen LogP contribution >= 0.6 is 0 Å². The molecule has 9 nitrogen and oxygen atoms in total. The van der Waals surface area contributed by atoms with E-state index in [4.69, 9.17) is 0 Å². The van der Waals surface area contributed by atoms with Gasteiger partial charge in [0.25, 0.3) is 11.8 Å². The first-order valence-electron chi connectivity index (χ1n) is 9.27. The van der Waals surface area contributed by atoms with Crippen LogP contribution in [0.25, 0.3) is 0 Å². The van der Waals surface area contributed by atoms with E-state index >= 15 is 0 Å². The predicted molar refractivity (Wildman–Crippen MR) is 98.3 cm³/mol. The van der Waals surface area contributed by atoms with Crippen LogP contribution in [-0.2, 0) is 16.1 Å². The first-order valence-corrected chi connectivity index (χ1v) is 9.27. The zero-order chi connectivity index (χ0) is 20.3. The minimum absolute atomic E-state index is 0.178. The van der Waals surface area contributed by atoms with Gasteiger partial charge in [-0.15, -0.1) is 0 Å². The molecule has 6 amide bonds. The maximum absolute atomic E-state index is 12.7. The molecule has 1 aromatic rings. The summed E-state index contributed by atoms with van der Waals surface area (Å²) < 4.78 is 0. The van der Waals surface area contributed by atoms with Gasteiger partial charge in [-0.2, -0.15) is 0 Å². The van der Waals surface area contributed by atoms with Crippen molar-refractivity contribution in [2.45, 2.75) is 45.2 Å². The van der Waals surface area contributed by atoms with Crippen molar-refractivity contribution in [2.75, 3.05) is 6.54 Å². The number of fused-ring (bicyclic) bond motifs is 1. The highest BCUT2D eigenvalue weighted by molar-refractivity contribution is 6.08. The lowest BCUT2D eigenvalue weighted by Crippen LogP contribution is -2.52. The summed E-state index contributed by atoms with van der Waals surface area (Å²) >= 11 is 0. The van der Waals surface area contributed by atoms with Crippen molar-refractivity contribution in [3.63, 3.8) is 0 Å². The molecule has 0 bridgehead atoms. The number of hydrogen-bond acceptors (Lipinski definition) is 5.